The Kier molecular flexibility index (Phi) is 7.01. The number of rotatable bonds is 9. The third-order valence-corrected chi connectivity index (χ3v) is 5.47. The number of hydrogen-bond acceptors (Lipinski definition) is 8. The highest BCUT2D eigenvalue weighted by atomic mass is 32.2. The summed E-state index contributed by atoms with van der Waals surface area (Å²) in [6.07, 6.45) is 1.01. The van der Waals surface area contributed by atoms with E-state index in [1.54, 1.807) is 20.8 Å². The summed E-state index contributed by atoms with van der Waals surface area (Å²) in [6.45, 7) is 8.49. The zero-order chi connectivity index (χ0) is 18.4. The zero-order valence-corrected chi connectivity index (χ0v) is 16.4. The lowest BCUT2D eigenvalue weighted by molar-refractivity contribution is 0.0525. The predicted molar refractivity (Wildman–Crippen MR) is 100.0 cm³/mol. The molecule has 9 heteroatoms. The number of H-pyrrole nitrogens is 1. The first-order valence-electron chi connectivity index (χ1n) is 8.07. The smallest absolute Gasteiger partial charge is 0.340 e. The van der Waals surface area contributed by atoms with Crippen LogP contribution in [0, 0.1) is 13.8 Å². The molecule has 0 radical (unpaired) electrons. The van der Waals surface area contributed by atoms with E-state index in [4.69, 9.17) is 4.74 Å². The van der Waals surface area contributed by atoms with E-state index >= 15 is 0 Å². The number of ketones is 1. The van der Waals surface area contributed by atoms with Gasteiger partial charge in [-0.25, -0.2) is 4.79 Å². The third kappa shape index (κ3) is 4.82. The minimum atomic E-state index is -0.406. The van der Waals surface area contributed by atoms with Gasteiger partial charge in [-0.2, -0.15) is 0 Å². The average molecular weight is 383 g/mol. The van der Waals surface area contributed by atoms with Crippen molar-refractivity contribution in [3.8, 4) is 0 Å². The van der Waals surface area contributed by atoms with Crippen LogP contribution in [-0.2, 0) is 4.74 Å². The Morgan fingerprint density at radius 1 is 1.28 bits per heavy atom. The first-order chi connectivity index (χ1) is 12.0. The van der Waals surface area contributed by atoms with Crippen molar-refractivity contribution in [1.29, 1.82) is 0 Å². The van der Waals surface area contributed by atoms with Crippen LogP contribution in [-0.4, -0.2) is 45.8 Å². The van der Waals surface area contributed by atoms with E-state index in [0.717, 1.165) is 22.4 Å². The molecule has 136 valence electrons. The lowest BCUT2D eigenvalue weighted by atomic mass is 10.1. The van der Waals surface area contributed by atoms with Crippen molar-refractivity contribution < 1.29 is 14.3 Å². The fraction of sp³-hybridized carbons (Fsp3) is 0.500. The molecule has 2 heterocycles. The average Bonchev–Trinajstić information content (AvgIpc) is 3.15. The maximum absolute atomic E-state index is 12.5. The SMILES string of the molecule is CCCNc1nnc(SCC(=O)c2[nH]c(C)c(C(=O)OCC)c2C)s1. The van der Waals surface area contributed by atoms with Gasteiger partial charge in [0.2, 0.25) is 5.13 Å². The van der Waals surface area contributed by atoms with Gasteiger partial charge in [0.15, 0.2) is 10.1 Å². The van der Waals surface area contributed by atoms with Gasteiger partial charge in [-0.3, -0.25) is 4.79 Å². The number of aromatic nitrogens is 3. The Labute approximate surface area is 155 Å². The summed E-state index contributed by atoms with van der Waals surface area (Å²) in [7, 11) is 0. The summed E-state index contributed by atoms with van der Waals surface area (Å²) in [6, 6.07) is 0. The summed E-state index contributed by atoms with van der Waals surface area (Å²) in [4.78, 5) is 27.5. The van der Waals surface area contributed by atoms with Crippen LogP contribution >= 0.6 is 23.1 Å². The number of anilines is 1. The molecule has 0 amide bonds. The molecule has 7 nitrogen and oxygen atoms in total. The molecular formula is C16H22N4O3S2. The second kappa shape index (κ2) is 9.00. The van der Waals surface area contributed by atoms with Gasteiger partial charge in [-0.1, -0.05) is 30.0 Å². The van der Waals surface area contributed by atoms with E-state index in [1.165, 1.54) is 23.1 Å². The molecule has 2 aromatic rings. The quantitative estimate of drug-likeness (QED) is 0.389. The highest BCUT2D eigenvalue weighted by Gasteiger charge is 2.23. The molecule has 0 atom stereocenters. The molecule has 0 aliphatic carbocycles. The molecule has 0 saturated carbocycles. The van der Waals surface area contributed by atoms with Crippen molar-refractivity contribution in [2.75, 3.05) is 24.2 Å². The predicted octanol–water partition coefficient (Wildman–Crippen LogP) is 3.46. The molecule has 0 bridgehead atoms. The van der Waals surface area contributed by atoms with Crippen LogP contribution in [0.25, 0.3) is 0 Å². The molecule has 25 heavy (non-hydrogen) atoms. The van der Waals surface area contributed by atoms with Gasteiger partial charge >= 0.3 is 5.97 Å². The maximum Gasteiger partial charge on any atom is 0.340 e. The Balaban J connectivity index is 2.02. The largest absolute Gasteiger partial charge is 0.462 e. The lowest BCUT2D eigenvalue weighted by Gasteiger charge is -2.02. The van der Waals surface area contributed by atoms with Gasteiger partial charge in [0.05, 0.1) is 23.6 Å². The Hall–Kier alpha value is -1.87. The molecular weight excluding hydrogens is 360 g/mol. The van der Waals surface area contributed by atoms with E-state index < -0.39 is 5.97 Å². The number of Topliss-reactive ketones (excluding diaryl/α,β-unsaturated/α-hetero) is 1. The number of hydrogen-bond donors (Lipinski definition) is 2. The number of aryl methyl sites for hydroxylation is 1. The molecule has 0 aromatic carbocycles. The first-order valence-corrected chi connectivity index (χ1v) is 9.87. The highest BCUT2D eigenvalue weighted by Crippen LogP contribution is 2.27. The Morgan fingerprint density at radius 3 is 2.72 bits per heavy atom. The number of nitrogens with zero attached hydrogens (tertiary/aromatic N) is 2. The molecule has 0 saturated heterocycles. The van der Waals surface area contributed by atoms with E-state index in [-0.39, 0.29) is 11.5 Å². The summed E-state index contributed by atoms with van der Waals surface area (Å²) < 4.78 is 5.78. The van der Waals surface area contributed by atoms with Crippen LogP contribution in [0.1, 0.15) is 52.4 Å². The first kappa shape index (κ1) is 19.5. The maximum atomic E-state index is 12.5. The minimum Gasteiger partial charge on any atom is -0.462 e. The summed E-state index contributed by atoms with van der Waals surface area (Å²) in [5.74, 6) is -0.263. The standard InChI is InChI=1S/C16H22N4O3S2/c1-5-7-17-15-19-20-16(25-15)24-8-11(21)13-9(3)12(10(4)18-13)14(22)23-6-2/h18H,5-8H2,1-4H3,(H,17,19). The second-order valence-corrected chi connectivity index (χ2v) is 7.56. The van der Waals surface area contributed by atoms with Gasteiger partial charge in [0.25, 0.3) is 0 Å². The summed E-state index contributed by atoms with van der Waals surface area (Å²) in [5.41, 5.74) is 2.16. The summed E-state index contributed by atoms with van der Waals surface area (Å²) >= 11 is 2.77. The molecule has 2 aromatic heterocycles. The Morgan fingerprint density at radius 2 is 2.04 bits per heavy atom. The van der Waals surface area contributed by atoms with Crippen LogP contribution in [0.2, 0.25) is 0 Å². The number of nitrogens with one attached hydrogen (secondary N) is 2. The van der Waals surface area contributed by atoms with Gasteiger partial charge in [-0.05, 0) is 32.8 Å². The van der Waals surface area contributed by atoms with Crippen molar-refractivity contribution in [2.45, 2.75) is 38.5 Å². The van der Waals surface area contributed by atoms with Crippen LogP contribution in [0.3, 0.4) is 0 Å². The zero-order valence-electron chi connectivity index (χ0n) is 14.8. The fourth-order valence-electron chi connectivity index (χ4n) is 2.31. The van der Waals surface area contributed by atoms with Crippen LogP contribution in [0.5, 0.6) is 0 Å². The number of esters is 1. The molecule has 0 aliphatic rings. The second-order valence-electron chi connectivity index (χ2n) is 5.36. The van der Waals surface area contributed by atoms with Crippen molar-refractivity contribution in [3.05, 3.63) is 22.5 Å². The number of aromatic amines is 1. The molecule has 0 fully saturated rings. The lowest BCUT2D eigenvalue weighted by Crippen LogP contribution is -2.08. The molecule has 2 rings (SSSR count). The van der Waals surface area contributed by atoms with Gasteiger partial charge in [0.1, 0.15) is 0 Å². The highest BCUT2D eigenvalue weighted by molar-refractivity contribution is 8.01. The van der Waals surface area contributed by atoms with Crippen molar-refractivity contribution in [2.24, 2.45) is 0 Å². The van der Waals surface area contributed by atoms with Crippen molar-refractivity contribution >= 4 is 40.0 Å². The van der Waals surface area contributed by atoms with E-state index in [2.05, 4.69) is 27.4 Å². The van der Waals surface area contributed by atoms with Crippen LogP contribution in [0.4, 0.5) is 5.13 Å². The van der Waals surface area contributed by atoms with Crippen molar-refractivity contribution in [3.63, 3.8) is 0 Å². The number of carbonyl (C=O) groups is 2. The topological polar surface area (TPSA) is 97.0 Å². The number of thioether (sulfide) groups is 1. The minimum absolute atomic E-state index is 0.0839. The van der Waals surface area contributed by atoms with E-state index in [9.17, 15) is 9.59 Å². The van der Waals surface area contributed by atoms with E-state index in [0.29, 0.717) is 29.1 Å². The number of carbonyl (C=O) groups excluding carboxylic acids is 2. The normalized spacial score (nSPS) is 10.7. The molecule has 2 N–H and O–H groups in total. The Bertz CT molecular complexity index is 755. The van der Waals surface area contributed by atoms with Crippen LogP contribution < -0.4 is 5.32 Å². The van der Waals surface area contributed by atoms with Gasteiger partial charge in [0, 0.05) is 12.2 Å². The van der Waals surface area contributed by atoms with Gasteiger partial charge < -0.3 is 15.0 Å². The third-order valence-electron chi connectivity index (χ3n) is 3.46. The molecule has 0 spiro atoms. The monoisotopic (exact) mass is 382 g/mol. The fourth-order valence-corrected chi connectivity index (χ4v) is 3.96. The van der Waals surface area contributed by atoms with Gasteiger partial charge in [-0.15, -0.1) is 10.2 Å². The van der Waals surface area contributed by atoms with Crippen LogP contribution in [0.15, 0.2) is 4.34 Å². The molecule has 0 aliphatic heterocycles. The molecule has 0 unspecified atom stereocenters. The van der Waals surface area contributed by atoms with Crippen molar-refractivity contribution in [1.82, 2.24) is 15.2 Å². The summed E-state index contributed by atoms with van der Waals surface area (Å²) in [5, 5.41) is 12.0. The number of ether oxygens (including phenoxy) is 1. The van der Waals surface area contributed by atoms with E-state index in [1.807, 2.05) is 0 Å².